The molecule has 0 aliphatic carbocycles. The number of nitrogens with one attached hydrogen (secondary N) is 2. The molecule has 2 aromatic rings. The van der Waals surface area contributed by atoms with Gasteiger partial charge in [0, 0.05) is 5.69 Å². The third kappa shape index (κ3) is 3.73. The van der Waals surface area contributed by atoms with Crippen molar-refractivity contribution in [1.29, 1.82) is 0 Å². The predicted molar refractivity (Wildman–Crippen MR) is 88.9 cm³/mol. The van der Waals surface area contributed by atoms with E-state index in [0.29, 0.717) is 5.69 Å². The summed E-state index contributed by atoms with van der Waals surface area (Å²) in [6, 6.07) is 4.21. The van der Waals surface area contributed by atoms with Gasteiger partial charge in [0.1, 0.15) is 6.04 Å². The predicted octanol–water partition coefficient (Wildman–Crippen LogP) is 2.63. The van der Waals surface area contributed by atoms with Crippen molar-refractivity contribution in [2.45, 2.75) is 33.2 Å². The van der Waals surface area contributed by atoms with E-state index in [0.717, 1.165) is 21.6 Å². The van der Waals surface area contributed by atoms with Crippen LogP contribution in [0.5, 0.6) is 0 Å². The normalized spacial score (nSPS) is 13.6. The average molecular weight is 320 g/mol. The van der Waals surface area contributed by atoms with Crippen molar-refractivity contribution in [3.63, 3.8) is 0 Å². The Balaban J connectivity index is 2.17. The van der Waals surface area contributed by atoms with Gasteiger partial charge in [0.25, 0.3) is 0 Å². The molecule has 3 amide bonds. The highest BCUT2D eigenvalue weighted by atomic mass is 32.1. The van der Waals surface area contributed by atoms with Gasteiger partial charge in [0.15, 0.2) is 0 Å². The van der Waals surface area contributed by atoms with Crippen molar-refractivity contribution >= 4 is 39.2 Å². The zero-order chi connectivity index (χ0) is 16.3. The Morgan fingerprint density at radius 3 is 2.77 bits per heavy atom. The summed E-state index contributed by atoms with van der Waals surface area (Å²) in [7, 11) is 0. The molecular formula is C15H20N4O2S. The molecule has 4 N–H and O–H groups in total. The molecule has 1 heterocycles. The highest BCUT2D eigenvalue weighted by molar-refractivity contribution is 7.18. The Hall–Kier alpha value is -2.15. The number of aromatic nitrogens is 1. The number of carbonyl (C=O) groups excluding carboxylic acids is 2. The third-order valence-electron chi connectivity index (χ3n) is 3.56. The van der Waals surface area contributed by atoms with Gasteiger partial charge in [-0.2, -0.15) is 0 Å². The lowest BCUT2D eigenvalue weighted by Crippen LogP contribution is -2.49. The van der Waals surface area contributed by atoms with E-state index in [1.807, 2.05) is 32.9 Å². The van der Waals surface area contributed by atoms with Crippen LogP contribution >= 0.6 is 11.3 Å². The number of urea groups is 1. The number of amides is 3. The second-order valence-electron chi connectivity index (χ2n) is 5.28. The molecule has 0 spiro atoms. The molecule has 1 aromatic carbocycles. The largest absolute Gasteiger partial charge is 0.352 e. The number of fused-ring (bicyclic) bond motifs is 1. The van der Waals surface area contributed by atoms with E-state index in [1.54, 1.807) is 17.4 Å². The Kier molecular flexibility index (Phi) is 4.97. The molecule has 0 radical (unpaired) electrons. The zero-order valence-electron chi connectivity index (χ0n) is 12.8. The number of benzene rings is 1. The van der Waals surface area contributed by atoms with E-state index in [4.69, 9.17) is 5.73 Å². The highest BCUT2D eigenvalue weighted by Crippen LogP contribution is 2.25. The van der Waals surface area contributed by atoms with Gasteiger partial charge in [-0.25, -0.2) is 9.78 Å². The van der Waals surface area contributed by atoms with Crippen LogP contribution in [0.3, 0.4) is 0 Å². The molecule has 7 heteroatoms. The van der Waals surface area contributed by atoms with Gasteiger partial charge in [-0.05, 0) is 31.0 Å². The maximum absolute atomic E-state index is 12.4. The van der Waals surface area contributed by atoms with Crippen molar-refractivity contribution in [2.75, 3.05) is 5.32 Å². The number of hydrogen-bond donors (Lipinski definition) is 3. The van der Waals surface area contributed by atoms with E-state index in [2.05, 4.69) is 15.6 Å². The van der Waals surface area contributed by atoms with Gasteiger partial charge in [-0.15, -0.1) is 11.3 Å². The van der Waals surface area contributed by atoms with Crippen LogP contribution in [0.25, 0.3) is 10.2 Å². The molecule has 6 nitrogen and oxygen atoms in total. The molecule has 22 heavy (non-hydrogen) atoms. The lowest BCUT2D eigenvalue weighted by Gasteiger charge is -2.22. The quantitative estimate of drug-likeness (QED) is 0.790. The molecule has 118 valence electrons. The van der Waals surface area contributed by atoms with Crippen LogP contribution in [0.2, 0.25) is 0 Å². The second-order valence-corrected chi connectivity index (χ2v) is 6.51. The minimum Gasteiger partial charge on any atom is -0.352 e. The summed E-state index contributed by atoms with van der Waals surface area (Å²) in [6.45, 7) is 5.80. The van der Waals surface area contributed by atoms with Gasteiger partial charge < -0.3 is 16.4 Å². The van der Waals surface area contributed by atoms with Crippen LogP contribution in [0, 0.1) is 12.8 Å². The Morgan fingerprint density at radius 2 is 2.14 bits per heavy atom. The van der Waals surface area contributed by atoms with Crippen molar-refractivity contribution < 1.29 is 9.59 Å². The number of nitrogens with two attached hydrogens (primary N) is 1. The van der Waals surface area contributed by atoms with Crippen LogP contribution in [0.15, 0.2) is 18.2 Å². The maximum atomic E-state index is 12.4. The minimum absolute atomic E-state index is 0.0121. The number of carbonyl (C=O) groups is 2. The van der Waals surface area contributed by atoms with Gasteiger partial charge in [-0.1, -0.05) is 20.3 Å². The lowest BCUT2D eigenvalue weighted by molar-refractivity contribution is -0.119. The van der Waals surface area contributed by atoms with Crippen LogP contribution in [-0.4, -0.2) is 23.0 Å². The van der Waals surface area contributed by atoms with E-state index < -0.39 is 12.1 Å². The average Bonchev–Trinajstić information content (AvgIpc) is 2.83. The van der Waals surface area contributed by atoms with Crippen LogP contribution in [0.4, 0.5) is 10.5 Å². The van der Waals surface area contributed by atoms with E-state index in [-0.39, 0.29) is 11.8 Å². The first kappa shape index (κ1) is 16.2. The Labute approximate surface area is 133 Å². The van der Waals surface area contributed by atoms with Crippen LogP contribution in [-0.2, 0) is 4.79 Å². The molecule has 0 unspecified atom stereocenters. The standard InChI is InChI=1S/C15H20N4O2S/c1-4-8(2)13(19-15(16)21)14(20)18-10-5-6-11-12(7-10)22-9(3)17-11/h5-8,13H,4H2,1-3H3,(H,18,20)(H3,16,19,21)/t8-,13-/m0/s1. The monoisotopic (exact) mass is 320 g/mol. The van der Waals surface area contributed by atoms with Gasteiger partial charge >= 0.3 is 6.03 Å². The van der Waals surface area contributed by atoms with Crippen molar-refractivity contribution in [1.82, 2.24) is 10.3 Å². The maximum Gasteiger partial charge on any atom is 0.312 e. The number of hydrogen-bond acceptors (Lipinski definition) is 4. The number of rotatable bonds is 5. The van der Waals surface area contributed by atoms with Crippen molar-refractivity contribution in [3.05, 3.63) is 23.2 Å². The van der Waals surface area contributed by atoms with Gasteiger partial charge in [-0.3, -0.25) is 4.79 Å². The van der Waals surface area contributed by atoms with Crippen LogP contribution in [0.1, 0.15) is 25.3 Å². The third-order valence-corrected chi connectivity index (χ3v) is 4.49. The first-order valence-corrected chi connectivity index (χ1v) is 7.96. The number of nitrogens with zero attached hydrogens (tertiary/aromatic N) is 1. The van der Waals surface area contributed by atoms with Crippen molar-refractivity contribution in [3.8, 4) is 0 Å². The van der Waals surface area contributed by atoms with E-state index in [9.17, 15) is 9.59 Å². The number of aryl methyl sites for hydroxylation is 1. The molecule has 1 aromatic heterocycles. The number of thiazole rings is 1. The highest BCUT2D eigenvalue weighted by Gasteiger charge is 2.25. The first-order chi connectivity index (χ1) is 10.4. The summed E-state index contributed by atoms with van der Waals surface area (Å²) in [6.07, 6.45) is 0.755. The summed E-state index contributed by atoms with van der Waals surface area (Å²) >= 11 is 1.57. The van der Waals surface area contributed by atoms with Gasteiger partial charge in [0.2, 0.25) is 5.91 Å². The number of anilines is 1. The topological polar surface area (TPSA) is 97.1 Å². The summed E-state index contributed by atoms with van der Waals surface area (Å²) in [5.74, 6) is -0.282. The molecule has 0 bridgehead atoms. The van der Waals surface area contributed by atoms with Crippen molar-refractivity contribution in [2.24, 2.45) is 11.7 Å². The minimum atomic E-state index is -0.700. The lowest BCUT2D eigenvalue weighted by atomic mass is 9.98. The molecule has 2 atom stereocenters. The van der Waals surface area contributed by atoms with E-state index >= 15 is 0 Å². The Bertz CT molecular complexity index is 698. The fourth-order valence-corrected chi connectivity index (χ4v) is 3.06. The first-order valence-electron chi connectivity index (χ1n) is 7.14. The number of primary amides is 1. The summed E-state index contributed by atoms with van der Waals surface area (Å²) < 4.78 is 1.01. The van der Waals surface area contributed by atoms with Crippen LogP contribution < -0.4 is 16.4 Å². The summed E-state index contributed by atoms with van der Waals surface area (Å²) in [5.41, 5.74) is 6.75. The Morgan fingerprint density at radius 1 is 1.41 bits per heavy atom. The fourth-order valence-electron chi connectivity index (χ4n) is 2.19. The summed E-state index contributed by atoms with van der Waals surface area (Å²) in [5, 5.41) is 6.32. The van der Waals surface area contributed by atoms with Gasteiger partial charge in [0.05, 0.1) is 15.2 Å². The zero-order valence-corrected chi connectivity index (χ0v) is 13.7. The molecule has 0 aliphatic rings. The SMILES string of the molecule is CC[C@H](C)[C@H](NC(N)=O)C(=O)Nc1ccc2nc(C)sc2c1. The molecule has 0 saturated carbocycles. The fraction of sp³-hybridized carbons (Fsp3) is 0.400. The molecule has 0 fully saturated rings. The molecular weight excluding hydrogens is 300 g/mol. The molecule has 0 saturated heterocycles. The second kappa shape index (κ2) is 6.74. The smallest absolute Gasteiger partial charge is 0.312 e. The molecule has 0 aliphatic heterocycles. The molecule has 2 rings (SSSR count). The van der Waals surface area contributed by atoms with E-state index in [1.165, 1.54) is 0 Å². The summed E-state index contributed by atoms with van der Waals surface area (Å²) in [4.78, 5) is 27.9.